The van der Waals surface area contributed by atoms with Gasteiger partial charge in [-0.2, -0.15) is 0 Å². The van der Waals surface area contributed by atoms with Gasteiger partial charge in [0.25, 0.3) is 0 Å². The first kappa shape index (κ1) is 16.9. The van der Waals surface area contributed by atoms with Crippen LogP contribution < -0.4 is 9.46 Å². The molecule has 0 aromatic heterocycles. The van der Waals surface area contributed by atoms with Gasteiger partial charge in [0.2, 0.25) is 0 Å². The molecule has 0 saturated heterocycles. The van der Waals surface area contributed by atoms with E-state index >= 15 is 0 Å². The smallest absolute Gasteiger partial charge is 0.120 e. The summed E-state index contributed by atoms with van der Waals surface area (Å²) in [5.41, 5.74) is 5.24. The summed E-state index contributed by atoms with van der Waals surface area (Å²) in [5.74, 6) is 0.936. The highest BCUT2D eigenvalue weighted by molar-refractivity contribution is 7.96. The molecule has 0 saturated carbocycles. The van der Waals surface area contributed by atoms with E-state index in [0.29, 0.717) is 6.61 Å². The fourth-order valence-corrected chi connectivity index (χ4v) is 3.27. The second-order valence-corrected chi connectivity index (χ2v) is 6.71. The summed E-state index contributed by atoms with van der Waals surface area (Å²) in [6, 6.07) is 16.8. The molecule has 1 N–H and O–H groups in total. The molecule has 24 heavy (non-hydrogen) atoms. The second-order valence-electron chi connectivity index (χ2n) is 6.01. The van der Waals surface area contributed by atoms with Gasteiger partial charge < -0.3 is 9.64 Å². The lowest BCUT2D eigenvalue weighted by Crippen LogP contribution is -2.18. The molecular formula is C20H24N2OS. The number of benzene rings is 2. The van der Waals surface area contributed by atoms with Crippen LogP contribution in [0.15, 0.2) is 54.7 Å². The maximum absolute atomic E-state index is 6.00. The number of fused-ring (bicyclic) bond motifs is 1. The van der Waals surface area contributed by atoms with Crippen molar-refractivity contribution in [1.82, 2.24) is 9.62 Å². The number of nitrogens with one attached hydrogen (secondary N) is 1. The number of rotatable bonds is 7. The first-order valence-corrected chi connectivity index (χ1v) is 9.45. The third-order valence-corrected chi connectivity index (χ3v) is 4.61. The van der Waals surface area contributed by atoms with Crippen LogP contribution in [0.25, 0.3) is 5.57 Å². The van der Waals surface area contributed by atoms with E-state index in [0.717, 1.165) is 25.3 Å². The Kier molecular flexibility index (Phi) is 5.83. The fraction of sp³-hybridized carbons (Fsp3) is 0.300. The lowest BCUT2D eigenvalue weighted by Gasteiger charge is -2.26. The zero-order chi connectivity index (χ0) is 16.8. The highest BCUT2D eigenvalue weighted by atomic mass is 32.2. The van der Waals surface area contributed by atoms with Crippen LogP contribution in [0.4, 0.5) is 0 Å². The van der Waals surface area contributed by atoms with Crippen LogP contribution in [-0.4, -0.2) is 24.7 Å². The Balaban J connectivity index is 1.74. The van der Waals surface area contributed by atoms with E-state index in [1.54, 1.807) is 11.9 Å². The van der Waals surface area contributed by atoms with Crippen molar-refractivity contribution in [1.29, 1.82) is 0 Å². The normalized spacial score (nSPS) is 13.4. The zero-order valence-corrected chi connectivity index (χ0v) is 15.1. The molecule has 1 aliphatic rings. The lowest BCUT2D eigenvalue weighted by atomic mass is 9.94. The van der Waals surface area contributed by atoms with Gasteiger partial charge in [-0.1, -0.05) is 48.3 Å². The standard InChI is InChI=1S/C20H24N2OS/c1-22-13-17-8-9-19(23-15-16-6-4-3-5-7-16)12-20(17)18(14-22)10-11-21-24-2/h3-9,12,14,21H,10-11,13,15H2,1-2H3. The van der Waals surface area contributed by atoms with Crippen LogP contribution in [-0.2, 0) is 13.2 Å². The van der Waals surface area contributed by atoms with Crippen LogP contribution >= 0.6 is 11.9 Å². The van der Waals surface area contributed by atoms with Gasteiger partial charge >= 0.3 is 0 Å². The minimum Gasteiger partial charge on any atom is -0.489 e. The number of hydrogen-bond donors (Lipinski definition) is 1. The second kappa shape index (κ2) is 8.27. The third-order valence-electron chi connectivity index (χ3n) is 4.11. The first-order valence-electron chi connectivity index (χ1n) is 8.23. The Morgan fingerprint density at radius 1 is 1.17 bits per heavy atom. The molecule has 0 radical (unpaired) electrons. The summed E-state index contributed by atoms with van der Waals surface area (Å²) in [6.45, 7) is 2.52. The van der Waals surface area contributed by atoms with Crippen LogP contribution in [0.5, 0.6) is 5.75 Å². The van der Waals surface area contributed by atoms with Crippen LogP contribution in [0.1, 0.15) is 23.1 Å². The van der Waals surface area contributed by atoms with E-state index in [-0.39, 0.29) is 0 Å². The van der Waals surface area contributed by atoms with Gasteiger partial charge in [-0.15, -0.1) is 0 Å². The molecule has 2 aromatic rings. The molecule has 4 heteroatoms. The largest absolute Gasteiger partial charge is 0.489 e. The van der Waals surface area contributed by atoms with Gasteiger partial charge in [0.1, 0.15) is 12.4 Å². The van der Waals surface area contributed by atoms with Crippen molar-refractivity contribution in [2.75, 3.05) is 19.8 Å². The monoisotopic (exact) mass is 340 g/mol. The molecule has 0 aliphatic carbocycles. The Hall–Kier alpha value is -1.91. The molecule has 0 fully saturated rings. The van der Waals surface area contributed by atoms with Crippen LogP contribution in [0.3, 0.4) is 0 Å². The maximum atomic E-state index is 6.00. The molecule has 1 aliphatic heterocycles. The molecule has 1 heterocycles. The molecule has 0 spiro atoms. The minimum atomic E-state index is 0.604. The average molecular weight is 340 g/mol. The Bertz CT molecular complexity index is 700. The Morgan fingerprint density at radius 3 is 2.79 bits per heavy atom. The summed E-state index contributed by atoms with van der Waals surface area (Å²) in [4.78, 5) is 2.25. The van der Waals surface area contributed by atoms with Gasteiger partial charge in [-0.3, -0.25) is 4.72 Å². The van der Waals surface area contributed by atoms with Crippen molar-refractivity contribution in [2.24, 2.45) is 0 Å². The van der Waals surface area contributed by atoms with Crippen LogP contribution in [0.2, 0.25) is 0 Å². The van der Waals surface area contributed by atoms with E-state index in [1.807, 2.05) is 18.2 Å². The fourth-order valence-electron chi connectivity index (χ4n) is 2.96. The number of nitrogens with zero attached hydrogens (tertiary/aromatic N) is 1. The molecule has 3 rings (SSSR count). The third kappa shape index (κ3) is 4.34. The predicted octanol–water partition coefficient (Wildman–Crippen LogP) is 4.31. The molecule has 0 unspecified atom stereocenters. The maximum Gasteiger partial charge on any atom is 0.120 e. The Labute approximate surface area is 148 Å². The summed E-state index contributed by atoms with van der Waals surface area (Å²) in [7, 11) is 2.13. The van der Waals surface area contributed by atoms with E-state index in [4.69, 9.17) is 4.74 Å². The highest BCUT2D eigenvalue weighted by Crippen LogP contribution is 2.31. The number of hydrogen-bond acceptors (Lipinski definition) is 4. The van der Waals surface area contributed by atoms with Crippen molar-refractivity contribution in [2.45, 2.75) is 19.6 Å². The van der Waals surface area contributed by atoms with Gasteiger partial charge in [-0.05, 0) is 47.1 Å². The summed E-state index contributed by atoms with van der Waals surface area (Å²) < 4.78 is 9.33. The van der Waals surface area contributed by atoms with E-state index in [1.165, 1.54) is 22.3 Å². The summed E-state index contributed by atoms with van der Waals surface area (Å²) in [5, 5.41) is 0. The van der Waals surface area contributed by atoms with Crippen molar-refractivity contribution >= 4 is 17.5 Å². The molecule has 126 valence electrons. The topological polar surface area (TPSA) is 24.5 Å². The SMILES string of the molecule is CSNCCC1=CN(C)Cc2ccc(OCc3ccccc3)cc21. The zero-order valence-electron chi connectivity index (χ0n) is 14.3. The quantitative estimate of drug-likeness (QED) is 0.600. The minimum absolute atomic E-state index is 0.604. The average Bonchev–Trinajstić information content (AvgIpc) is 2.61. The van der Waals surface area contributed by atoms with Crippen molar-refractivity contribution in [3.05, 3.63) is 71.4 Å². The lowest BCUT2D eigenvalue weighted by molar-refractivity contribution is 0.306. The van der Waals surface area contributed by atoms with Crippen molar-refractivity contribution in [3.8, 4) is 5.75 Å². The van der Waals surface area contributed by atoms with Gasteiger partial charge in [-0.25, -0.2) is 0 Å². The van der Waals surface area contributed by atoms with E-state index < -0.39 is 0 Å². The number of ether oxygens (including phenoxy) is 1. The molecule has 0 bridgehead atoms. The van der Waals surface area contributed by atoms with Gasteiger partial charge in [0.05, 0.1) is 0 Å². The first-order chi connectivity index (χ1) is 11.8. The Morgan fingerprint density at radius 2 is 2.00 bits per heavy atom. The highest BCUT2D eigenvalue weighted by Gasteiger charge is 2.16. The molecule has 3 nitrogen and oxygen atoms in total. The molecule has 0 atom stereocenters. The molecule has 2 aromatic carbocycles. The van der Waals surface area contributed by atoms with Gasteiger partial charge in [0.15, 0.2) is 0 Å². The molecular weight excluding hydrogens is 316 g/mol. The van der Waals surface area contributed by atoms with Gasteiger partial charge in [0, 0.05) is 26.3 Å². The predicted molar refractivity (Wildman–Crippen MR) is 103 cm³/mol. The van der Waals surface area contributed by atoms with E-state index in [2.05, 4.69) is 59.5 Å². The van der Waals surface area contributed by atoms with Crippen LogP contribution in [0, 0.1) is 0 Å². The van der Waals surface area contributed by atoms with Crippen molar-refractivity contribution < 1.29 is 4.74 Å². The van der Waals surface area contributed by atoms with E-state index in [9.17, 15) is 0 Å². The molecule has 0 amide bonds. The van der Waals surface area contributed by atoms with Crippen molar-refractivity contribution in [3.63, 3.8) is 0 Å². The summed E-state index contributed by atoms with van der Waals surface area (Å²) in [6.07, 6.45) is 5.33. The summed E-state index contributed by atoms with van der Waals surface area (Å²) >= 11 is 1.67.